The summed E-state index contributed by atoms with van der Waals surface area (Å²) < 4.78 is 0. The molecule has 0 bridgehead atoms. The summed E-state index contributed by atoms with van der Waals surface area (Å²) in [7, 11) is 0. The zero-order valence-electron chi connectivity index (χ0n) is 8.86. The van der Waals surface area contributed by atoms with Crippen molar-refractivity contribution in [3.8, 4) is 0 Å². The van der Waals surface area contributed by atoms with Gasteiger partial charge >= 0.3 is 5.97 Å². The number of rotatable bonds is 1. The second kappa shape index (κ2) is 4.47. The molecule has 0 aromatic rings. The Hall–Kier alpha value is -0.320. The van der Waals surface area contributed by atoms with Gasteiger partial charge in [0.25, 0.3) is 0 Å². The van der Waals surface area contributed by atoms with Crippen LogP contribution in [-0.4, -0.2) is 33.7 Å². The number of nitrogens with two attached hydrogens (primary N) is 1. The molecule has 0 spiro atoms. The fourth-order valence-corrected chi connectivity index (χ4v) is 2.05. The number of aliphatic carboxylic acids is 1. The van der Waals surface area contributed by atoms with Crippen LogP contribution in [-0.2, 0) is 4.79 Å². The van der Waals surface area contributed by atoms with Crippen molar-refractivity contribution in [1.82, 2.24) is 4.90 Å². The van der Waals surface area contributed by atoms with Crippen molar-refractivity contribution in [2.75, 3.05) is 0 Å². The van der Waals surface area contributed by atoms with Crippen LogP contribution < -0.4 is 5.73 Å². The molecule has 1 rings (SSSR count). The molecule has 1 unspecified atom stereocenters. The first kappa shape index (κ1) is 13.7. The molecule has 5 heteroatoms. The first-order valence-corrected chi connectivity index (χ1v) is 4.61. The highest BCUT2D eigenvalue weighted by Crippen LogP contribution is 2.29. The lowest BCUT2D eigenvalue weighted by molar-refractivity contribution is -0.144. The minimum absolute atomic E-state index is 0. The van der Waals surface area contributed by atoms with Crippen molar-refractivity contribution in [3.05, 3.63) is 0 Å². The lowest BCUT2D eigenvalue weighted by Crippen LogP contribution is -2.54. The lowest BCUT2D eigenvalue weighted by atomic mass is 10.0. The number of carboxylic acids is 1. The first-order valence-electron chi connectivity index (χ1n) is 4.61. The molecule has 0 amide bonds. The van der Waals surface area contributed by atoms with E-state index >= 15 is 0 Å². The SMILES string of the molecule is CC(C)(C)N1C(N)CC[C@H]1C(=O)O.Cl. The molecule has 0 saturated carbocycles. The van der Waals surface area contributed by atoms with Gasteiger partial charge in [0.15, 0.2) is 0 Å². The Morgan fingerprint density at radius 1 is 1.43 bits per heavy atom. The van der Waals surface area contributed by atoms with Crippen LogP contribution in [0.3, 0.4) is 0 Å². The largest absolute Gasteiger partial charge is 0.480 e. The van der Waals surface area contributed by atoms with Gasteiger partial charge < -0.3 is 10.8 Å². The van der Waals surface area contributed by atoms with Gasteiger partial charge in [0.05, 0.1) is 6.17 Å². The second-order valence-electron chi connectivity index (χ2n) is 4.58. The van der Waals surface area contributed by atoms with Crippen LogP contribution in [0.15, 0.2) is 0 Å². The average molecular weight is 223 g/mol. The molecule has 1 aliphatic rings. The van der Waals surface area contributed by atoms with Gasteiger partial charge in [-0.25, -0.2) is 0 Å². The smallest absolute Gasteiger partial charge is 0.320 e. The molecule has 0 aliphatic carbocycles. The molecule has 0 aromatic carbocycles. The van der Waals surface area contributed by atoms with E-state index in [0.717, 1.165) is 6.42 Å². The van der Waals surface area contributed by atoms with Crippen LogP contribution in [0.1, 0.15) is 33.6 Å². The number of carbonyl (C=O) groups is 1. The molecular weight excluding hydrogens is 204 g/mol. The molecular formula is C9H19ClN2O2. The van der Waals surface area contributed by atoms with Crippen molar-refractivity contribution in [2.45, 2.75) is 51.4 Å². The maximum absolute atomic E-state index is 10.9. The van der Waals surface area contributed by atoms with Crippen molar-refractivity contribution in [2.24, 2.45) is 5.73 Å². The van der Waals surface area contributed by atoms with Gasteiger partial charge in [-0.1, -0.05) is 0 Å². The zero-order chi connectivity index (χ0) is 10.2. The summed E-state index contributed by atoms with van der Waals surface area (Å²) in [4.78, 5) is 12.8. The van der Waals surface area contributed by atoms with Crippen molar-refractivity contribution in [1.29, 1.82) is 0 Å². The Kier molecular flexibility index (Phi) is 4.36. The molecule has 2 atom stereocenters. The molecule has 1 aliphatic heterocycles. The molecule has 3 N–H and O–H groups in total. The van der Waals surface area contributed by atoms with Gasteiger partial charge in [0.2, 0.25) is 0 Å². The molecule has 4 nitrogen and oxygen atoms in total. The second-order valence-corrected chi connectivity index (χ2v) is 4.58. The molecule has 84 valence electrons. The number of hydrogen-bond acceptors (Lipinski definition) is 3. The monoisotopic (exact) mass is 222 g/mol. The average Bonchev–Trinajstić information content (AvgIpc) is 2.28. The highest BCUT2D eigenvalue weighted by atomic mass is 35.5. The van der Waals surface area contributed by atoms with Crippen molar-refractivity contribution < 1.29 is 9.90 Å². The fraction of sp³-hybridized carbons (Fsp3) is 0.889. The molecule has 0 aromatic heterocycles. The summed E-state index contributed by atoms with van der Waals surface area (Å²) in [5.74, 6) is -0.761. The van der Waals surface area contributed by atoms with Gasteiger partial charge in [0.1, 0.15) is 6.04 Å². The highest BCUT2D eigenvalue weighted by molar-refractivity contribution is 5.85. The van der Waals surface area contributed by atoms with E-state index in [9.17, 15) is 4.79 Å². The Labute approximate surface area is 90.9 Å². The summed E-state index contributed by atoms with van der Waals surface area (Å²) in [5.41, 5.74) is 5.69. The van der Waals surface area contributed by atoms with Crippen LogP contribution in [0.25, 0.3) is 0 Å². The number of likely N-dealkylation sites (tertiary alicyclic amines) is 1. The normalized spacial score (nSPS) is 28.6. The lowest BCUT2D eigenvalue weighted by Gasteiger charge is -2.38. The van der Waals surface area contributed by atoms with E-state index in [4.69, 9.17) is 10.8 Å². The standard InChI is InChI=1S/C9H18N2O2.ClH/c1-9(2,3)11-6(8(12)13)4-5-7(11)10;/h6-7H,4-5,10H2,1-3H3,(H,12,13);1H/t6-,7?;/m0./s1. The fourth-order valence-electron chi connectivity index (χ4n) is 2.05. The Morgan fingerprint density at radius 2 is 1.93 bits per heavy atom. The minimum Gasteiger partial charge on any atom is -0.480 e. The molecule has 1 fully saturated rings. The Balaban J connectivity index is 0.00000169. The summed E-state index contributed by atoms with van der Waals surface area (Å²) in [6.45, 7) is 5.98. The van der Waals surface area contributed by atoms with Crippen LogP contribution in [0, 0.1) is 0 Å². The molecule has 0 radical (unpaired) electrons. The summed E-state index contributed by atoms with van der Waals surface area (Å²) in [5, 5.41) is 8.97. The maximum Gasteiger partial charge on any atom is 0.320 e. The van der Waals surface area contributed by atoms with Gasteiger partial charge in [-0.15, -0.1) is 12.4 Å². The van der Waals surface area contributed by atoms with E-state index in [0.29, 0.717) is 6.42 Å². The third-order valence-electron chi connectivity index (χ3n) is 2.49. The van der Waals surface area contributed by atoms with Crippen LogP contribution >= 0.6 is 12.4 Å². The minimum atomic E-state index is -0.761. The number of carboxylic acid groups (broad SMARTS) is 1. The summed E-state index contributed by atoms with van der Waals surface area (Å²) in [6.07, 6.45) is 1.32. The van der Waals surface area contributed by atoms with Gasteiger partial charge in [-0.05, 0) is 33.6 Å². The summed E-state index contributed by atoms with van der Waals surface area (Å²) >= 11 is 0. The van der Waals surface area contributed by atoms with Gasteiger partial charge in [-0.2, -0.15) is 0 Å². The number of halogens is 1. The highest BCUT2D eigenvalue weighted by Gasteiger charge is 2.41. The van der Waals surface area contributed by atoms with Crippen LogP contribution in [0.4, 0.5) is 0 Å². The van der Waals surface area contributed by atoms with Crippen molar-refractivity contribution >= 4 is 18.4 Å². The van der Waals surface area contributed by atoms with E-state index in [1.54, 1.807) is 0 Å². The van der Waals surface area contributed by atoms with Crippen LogP contribution in [0.5, 0.6) is 0 Å². The summed E-state index contributed by atoms with van der Waals surface area (Å²) in [6, 6.07) is -0.407. The third kappa shape index (κ3) is 2.59. The van der Waals surface area contributed by atoms with Gasteiger partial charge in [-0.3, -0.25) is 9.69 Å². The maximum atomic E-state index is 10.9. The molecule has 1 heterocycles. The Bertz CT molecular complexity index is 215. The van der Waals surface area contributed by atoms with Gasteiger partial charge in [0, 0.05) is 5.54 Å². The van der Waals surface area contributed by atoms with E-state index in [1.807, 2.05) is 25.7 Å². The van der Waals surface area contributed by atoms with E-state index in [2.05, 4.69) is 0 Å². The van der Waals surface area contributed by atoms with E-state index in [1.165, 1.54) is 0 Å². The molecule has 1 saturated heterocycles. The van der Waals surface area contributed by atoms with E-state index < -0.39 is 12.0 Å². The Morgan fingerprint density at radius 3 is 2.21 bits per heavy atom. The molecule has 14 heavy (non-hydrogen) atoms. The third-order valence-corrected chi connectivity index (χ3v) is 2.49. The quantitative estimate of drug-likeness (QED) is 0.696. The topological polar surface area (TPSA) is 66.6 Å². The zero-order valence-corrected chi connectivity index (χ0v) is 9.67. The van der Waals surface area contributed by atoms with E-state index in [-0.39, 0.29) is 24.1 Å². The van der Waals surface area contributed by atoms with Crippen molar-refractivity contribution in [3.63, 3.8) is 0 Å². The van der Waals surface area contributed by atoms with Crippen LogP contribution in [0.2, 0.25) is 0 Å². The predicted octanol–water partition coefficient (Wildman–Crippen LogP) is 1.04. The number of hydrogen-bond donors (Lipinski definition) is 2. The first-order chi connectivity index (χ1) is 5.84. The number of nitrogens with zero attached hydrogens (tertiary/aromatic N) is 1. The predicted molar refractivity (Wildman–Crippen MR) is 57.5 cm³/mol.